The number of carboxylic acids is 1. The number of Topliss-reactive ketones (excluding diaryl/α,β-unsaturated/α-hetero) is 1. The zero-order valence-corrected chi connectivity index (χ0v) is 26.2. The SMILES string of the molecule is COC1CCN(c2cccc3c2CCN(C(=O)c2nnn(-c4cccc(Cl)c4F)c2C)C3C(=O)Cc2ccc(C(=O)O)cc2)CC1. The molecule has 4 aromatic rings. The van der Waals surface area contributed by atoms with Crippen LogP contribution in [0.4, 0.5) is 10.1 Å². The number of hydrogen-bond donors (Lipinski definition) is 1. The third-order valence-electron chi connectivity index (χ3n) is 8.91. The minimum atomic E-state index is -1.06. The van der Waals surface area contributed by atoms with Crippen LogP contribution in [0.5, 0.6) is 0 Å². The molecule has 0 saturated carbocycles. The van der Waals surface area contributed by atoms with Crippen LogP contribution in [-0.2, 0) is 22.4 Å². The molecule has 1 amide bonds. The van der Waals surface area contributed by atoms with Crippen LogP contribution in [0.2, 0.25) is 5.02 Å². The first-order valence-corrected chi connectivity index (χ1v) is 15.5. The Morgan fingerprint density at radius 2 is 1.70 bits per heavy atom. The van der Waals surface area contributed by atoms with Crippen LogP contribution >= 0.6 is 11.6 Å². The van der Waals surface area contributed by atoms with Crippen molar-refractivity contribution in [3.8, 4) is 5.69 Å². The van der Waals surface area contributed by atoms with Gasteiger partial charge in [-0.25, -0.2) is 13.9 Å². The maximum Gasteiger partial charge on any atom is 0.335 e. The molecule has 1 aromatic heterocycles. The summed E-state index contributed by atoms with van der Waals surface area (Å²) in [6, 6.07) is 15.6. The topological polar surface area (TPSA) is 118 Å². The maximum atomic E-state index is 14.9. The lowest BCUT2D eigenvalue weighted by Crippen LogP contribution is -2.45. The van der Waals surface area contributed by atoms with Crippen molar-refractivity contribution < 1.29 is 28.6 Å². The highest BCUT2D eigenvalue weighted by molar-refractivity contribution is 6.30. The standard InChI is InChI=1S/C34H33ClFN5O5/c1-20-31(37-38-41(20)28-8-4-6-26(35)30(28)36)33(43)40-18-15-24-25(5-3-7-27(24)39-16-13-23(46-2)14-17-39)32(40)29(42)19-21-9-11-22(12-10-21)34(44)45/h3-12,23,32H,13-19H2,1-2H3,(H,44,45). The number of nitrogens with zero attached hydrogens (tertiary/aromatic N) is 5. The van der Waals surface area contributed by atoms with Crippen LogP contribution in [0.3, 0.4) is 0 Å². The first-order chi connectivity index (χ1) is 22.2. The van der Waals surface area contributed by atoms with Crippen molar-refractivity contribution in [2.75, 3.05) is 31.6 Å². The largest absolute Gasteiger partial charge is 0.478 e. The Morgan fingerprint density at radius 3 is 2.39 bits per heavy atom. The van der Waals surface area contributed by atoms with Gasteiger partial charge in [-0.1, -0.05) is 47.1 Å². The quantitative estimate of drug-likeness (QED) is 0.277. The fourth-order valence-corrected chi connectivity index (χ4v) is 6.62. The summed E-state index contributed by atoms with van der Waals surface area (Å²) in [4.78, 5) is 43.6. The summed E-state index contributed by atoms with van der Waals surface area (Å²) < 4.78 is 21.7. The van der Waals surface area contributed by atoms with Gasteiger partial charge >= 0.3 is 5.97 Å². The fraction of sp³-hybridized carbons (Fsp3) is 0.324. The molecule has 10 nitrogen and oxygen atoms in total. The number of piperidine rings is 1. The highest BCUT2D eigenvalue weighted by atomic mass is 35.5. The highest BCUT2D eigenvalue weighted by Gasteiger charge is 2.39. The van der Waals surface area contributed by atoms with E-state index in [1.165, 1.54) is 33.8 Å². The second kappa shape index (κ2) is 13.0. The van der Waals surface area contributed by atoms with Crippen molar-refractivity contribution in [1.82, 2.24) is 19.9 Å². The van der Waals surface area contributed by atoms with E-state index in [0.29, 0.717) is 17.7 Å². The van der Waals surface area contributed by atoms with Gasteiger partial charge in [-0.3, -0.25) is 9.59 Å². The fourth-order valence-electron chi connectivity index (χ4n) is 6.46. The van der Waals surface area contributed by atoms with Crippen molar-refractivity contribution in [2.45, 2.75) is 44.8 Å². The Morgan fingerprint density at radius 1 is 1.00 bits per heavy atom. The van der Waals surface area contributed by atoms with Crippen LogP contribution < -0.4 is 4.90 Å². The van der Waals surface area contributed by atoms with Crippen LogP contribution in [0.25, 0.3) is 5.69 Å². The van der Waals surface area contributed by atoms with Gasteiger partial charge in [-0.05, 0) is 73.2 Å². The Balaban J connectivity index is 1.37. The maximum absolute atomic E-state index is 14.9. The van der Waals surface area contributed by atoms with Crippen LogP contribution in [0.1, 0.15) is 62.1 Å². The molecule has 46 heavy (non-hydrogen) atoms. The molecular weight excluding hydrogens is 613 g/mol. The molecule has 12 heteroatoms. The number of benzene rings is 3. The van der Waals surface area contributed by atoms with Crippen molar-refractivity contribution in [1.29, 1.82) is 0 Å². The highest BCUT2D eigenvalue weighted by Crippen LogP contribution is 2.38. The molecule has 1 saturated heterocycles. The summed E-state index contributed by atoms with van der Waals surface area (Å²) >= 11 is 6.00. The predicted octanol–water partition coefficient (Wildman–Crippen LogP) is 5.23. The molecule has 0 aliphatic carbocycles. The summed E-state index contributed by atoms with van der Waals surface area (Å²) in [5, 5.41) is 17.4. The van der Waals surface area contributed by atoms with Crippen molar-refractivity contribution >= 4 is 34.9 Å². The zero-order chi connectivity index (χ0) is 32.5. The Labute approximate surface area is 270 Å². The molecular formula is C34H33ClFN5O5. The van der Waals surface area contributed by atoms with Gasteiger partial charge in [0.05, 0.1) is 22.4 Å². The summed E-state index contributed by atoms with van der Waals surface area (Å²) in [6.45, 7) is 3.50. The van der Waals surface area contributed by atoms with E-state index in [1.807, 2.05) is 12.1 Å². The smallest absolute Gasteiger partial charge is 0.335 e. The number of halogens is 2. The third kappa shape index (κ3) is 5.88. The van der Waals surface area contributed by atoms with E-state index < -0.39 is 23.7 Å². The van der Waals surface area contributed by atoms with Gasteiger partial charge in [-0.2, -0.15) is 0 Å². The van der Waals surface area contributed by atoms with Gasteiger partial charge in [0, 0.05) is 38.9 Å². The molecule has 2 aliphatic rings. The van der Waals surface area contributed by atoms with Crippen molar-refractivity contribution in [3.63, 3.8) is 0 Å². The van der Waals surface area contributed by atoms with Gasteiger partial charge in [0.15, 0.2) is 17.3 Å². The van der Waals surface area contributed by atoms with E-state index >= 15 is 0 Å². The molecule has 1 N–H and O–H groups in total. The molecule has 1 unspecified atom stereocenters. The van der Waals surface area contributed by atoms with E-state index in [9.17, 15) is 23.9 Å². The molecule has 0 spiro atoms. The van der Waals surface area contributed by atoms with E-state index in [2.05, 4.69) is 21.3 Å². The predicted molar refractivity (Wildman–Crippen MR) is 169 cm³/mol. The minimum absolute atomic E-state index is 0.00392. The van der Waals surface area contributed by atoms with E-state index in [-0.39, 0.29) is 46.8 Å². The molecule has 0 radical (unpaired) electrons. The number of ketones is 1. The number of rotatable bonds is 8. The summed E-state index contributed by atoms with van der Waals surface area (Å²) in [5.41, 5.74) is 3.92. The lowest BCUT2D eigenvalue weighted by molar-refractivity contribution is -0.123. The van der Waals surface area contributed by atoms with E-state index in [1.54, 1.807) is 32.2 Å². The number of hydrogen-bond acceptors (Lipinski definition) is 7. The average molecular weight is 646 g/mol. The van der Waals surface area contributed by atoms with Crippen molar-refractivity contribution in [2.24, 2.45) is 0 Å². The summed E-state index contributed by atoms with van der Waals surface area (Å²) in [6.07, 6.45) is 2.50. The first-order valence-electron chi connectivity index (χ1n) is 15.1. The lowest BCUT2D eigenvalue weighted by atomic mass is 9.86. The number of aromatic nitrogens is 3. The molecule has 1 atom stereocenters. The first kappa shape index (κ1) is 31.4. The van der Waals surface area contributed by atoms with Gasteiger partial charge in [0.25, 0.3) is 5.91 Å². The molecule has 3 aromatic carbocycles. The molecule has 0 bridgehead atoms. The van der Waals surface area contributed by atoms with Crippen LogP contribution in [0.15, 0.2) is 60.7 Å². The number of carbonyl (C=O) groups excluding carboxylic acids is 2. The van der Waals surface area contributed by atoms with E-state index in [0.717, 1.165) is 42.7 Å². The number of aromatic carboxylic acids is 1. The zero-order valence-electron chi connectivity index (χ0n) is 25.5. The van der Waals surface area contributed by atoms with E-state index in [4.69, 9.17) is 16.3 Å². The van der Waals surface area contributed by atoms with Gasteiger partial charge in [0.1, 0.15) is 11.7 Å². The number of fused-ring (bicyclic) bond motifs is 1. The Hall–Kier alpha value is -4.61. The number of methoxy groups -OCH3 is 1. The summed E-state index contributed by atoms with van der Waals surface area (Å²) in [7, 11) is 1.73. The normalized spacial score (nSPS) is 16.7. The minimum Gasteiger partial charge on any atom is -0.478 e. The molecule has 3 heterocycles. The van der Waals surface area contributed by atoms with Crippen LogP contribution in [-0.4, -0.2) is 75.5 Å². The molecule has 238 valence electrons. The van der Waals surface area contributed by atoms with Crippen LogP contribution in [0, 0.1) is 12.7 Å². The van der Waals surface area contributed by atoms with Gasteiger partial charge < -0.3 is 19.6 Å². The number of carboxylic acid groups (broad SMARTS) is 1. The third-order valence-corrected chi connectivity index (χ3v) is 9.21. The lowest BCUT2D eigenvalue weighted by Gasteiger charge is -2.40. The van der Waals surface area contributed by atoms with Crippen molar-refractivity contribution in [3.05, 3.63) is 105 Å². The number of amides is 1. The molecule has 6 rings (SSSR count). The second-order valence-electron chi connectivity index (χ2n) is 11.6. The van der Waals surface area contributed by atoms with Gasteiger partial charge in [-0.15, -0.1) is 5.10 Å². The number of anilines is 1. The van der Waals surface area contributed by atoms with Gasteiger partial charge in [0.2, 0.25) is 0 Å². The number of carbonyl (C=O) groups is 3. The Kier molecular flexibility index (Phi) is 8.88. The summed E-state index contributed by atoms with van der Waals surface area (Å²) in [5.74, 6) is -2.47. The number of ether oxygens (including phenoxy) is 1. The molecule has 1 fully saturated rings. The second-order valence-corrected chi connectivity index (χ2v) is 12.0. The molecule has 2 aliphatic heterocycles. The monoisotopic (exact) mass is 645 g/mol. The average Bonchev–Trinajstić information content (AvgIpc) is 3.45. The Bertz CT molecular complexity index is 1800.